The van der Waals surface area contributed by atoms with Crippen LogP contribution in [0, 0.1) is 22.7 Å². The number of hydrogen-bond donors (Lipinski definition) is 2. The first kappa shape index (κ1) is 14.5. The molecule has 0 saturated carbocycles. The van der Waals surface area contributed by atoms with Crippen molar-refractivity contribution >= 4 is 11.6 Å². The van der Waals surface area contributed by atoms with E-state index in [9.17, 15) is 4.79 Å². The molecule has 0 bridgehead atoms. The number of benzene rings is 1. The minimum Gasteiger partial charge on any atom is -0.326 e. The minimum atomic E-state index is -0.401. The molecule has 2 N–H and O–H groups in total. The number of amides is 1. The number of carbonyl (C=O) groups excluding carboxylic acids is 1. The lowest BCUT2D eigenvalue weighted by atomic mass is 9.74. The van der Waals surface area contributed by atoms with Gasteiger partial charge in [0.25, 0.3) is 0 Å². The predicted octanol–water partition coefficient (Wildman–Crippen LogP) is 2.52. The first-order valence-electron chi connectivity index (χ1n) is 7.06. The summed E-state index contributed by atoms with van der Waals surface area (Å²) >= 11 is 0. The Morgan fingerprint density at radius 3 is 2.65 bits per heavy atom. The SMILES string of the molecule is CC(C)(C(=O)Nc1ccc(C#N)cc1)C1CCCNC1. The molecule has 1 aliphatic rings. The quantitative estimate of drug-likeness (QED) is 0.888. The summed E-state index contributed by atoms with van der Waals surface area (Å²) in [6, 6.07) is 9.03. The molecule has 1 amide bonds. The lowest BCUT2D eigenvalue weighted by Gasteiger charge is -2.36. The van der Waals surface area contributed by atoms with Crippen LogP contribution in [0.3, 0.4) is 0 Å². The summed E-state index contributed by atoms with van der Waals surface area (Å²) in [4.78, 5) is 12.5. The van der Waals surface area contributed by atoms with Gasteiger partial charge < -0.3 is 10.6 Å². The van der Waals surface area contributed by atoms with E-state index in [1.807, 2.05) is 13.8 Å². The maximum atomic E-state index is 12.5. The Morgan fingerprint density at radius 1 is 1.40 bits per heavy atom. The van der Waals surface area contributed by atoms with E-state index in [2.05, 4.69) is 16.7 Å². The summed E-state index contributed by atoms with van der Waals surface area (Å²) < 4.78 is 0. The van der Waals surface area contributed by atoms with Crippen LogP contribution in [-0.4, -0.2) is 19.0 Å². The molecule has 0 radical (unpaired) electrons. The fourth-order valence-corrected chi connectivity index (χ4v) is 2.57. The minimum absolute atomic E-state index is 0.0379. The van der Waals surface area contributed by atoms with Crippen molar-refractivity contribution in [2.75, 3.05) is 18.4 Å². The van der Waals surface area contributed by atoms with Crippen LogP contribution in [0.15, 0.2) is 24.3 Å². The molecule has 1 heterocycles. The maximum absolute atomic E-state index is 12.5. The van der Waals surface area contributed by atoms with Gasteiger partial charge in [-0.1, -0.05) is 13.8 Å². The van der Waals surface area contributed by atoms with E-state index in [0.717, 1.165) is 31.6 Å². The van der Waals surface area contributed by atoms with E-state index < -0.39 is 5.41 Å². The highest BCUT2D eigenvalue weighted by Crippen LogP contribution is 2.33. The first-order valence-corrected chi connectivity index (χ1v) is 7.06. The Balaban J connectivity index is 2.04. The molecule has 1 atom stereocenters. The molecule has 0 aromatic heterocycles. The summed E-state index contributed by atoms with van der Waals surface area (Å²) in [5.74, 6) is 0.394. The normalized spacial score (nSPS) is 19.1. The molecule has 2 rings (SSSR count). The van der Waals surface area contributed by atoms with E-state index in [-0.39, 0.29) is 5.91 Å². The van der Waals surface area contributed by atoms with Gasteiger partial charge >= 0.3 is 0 Å². The summed E-state index contributed by atoms with van der Waals surface area (Å²) in [5.41, 5.74) is 0.936. The molecule has 106 valence electrons. The molecule has 1 aromatic carbocycles. The molecular formula is C16H21N3O. The number of nitrogens with zero attached hydrogens (tertiary/aromatic N) is 1. The second-order valence-electron chi connectivity index (χ2n) is 5.91. The van der Waals surface area contributed by atoms with Crippen LogP contribution in [-0.2, 0) is 4.79 Å². The third-order valence-corrected chi connectivity index (χ3v) is 4.17. The van der Waals surface area contributed by atoms with Gasteiger partial charge in [-0.25, -0.2) is 0 Å². The van der Waals surface area contributed by atoms with Crippen LogP contribution in [0.4, 0.5) is 5.69 Å². The largest absolute Gasteiger partial charge is 0.326 e. The third-order valence-electron chi connectivity index (χ3n) is 4.17. The van der Waals surface area contributed by atoms with Gasteiger partial charge in [0, 0.05) is 11.1 Å². The number of hydrogen-bond acceptors (Lipinski definition) is 3. The van der Waals surface area contributed by atoms with Crippen molar-refractivity contribution in [3.63, 3.8) is 0 Å². The highest BCUT2D eigenvalue weighted by molar-refractivity contribution is 5.95. The van der Waals surface area contributed by atoms with E-state index in [0.29, 0.717) is 11.5 Å². The third kappa shape index (κ3) is 3.17. The van der Waals surface area contributed by atoms with Gasteiger partial charge in [0.1, 0.15) is 0 Å². The van der Waals surface area contributed by atoms with Gasteiger partial charge in [-0.15, -0.1) is 0 Å². The molecule has 0 aliphatic carbocycles. The summed E-state index contributed by atoms with van der Waals surface area (Å²) in [6.07, 6.45) is 2.21. The summed E-state index contributed by atoms with van der Waals surface area (Å²) in [5, 5.41) is 15.1. The molecule has 1 saturated heterocycles. The average Bonchev–Trinajstić information content (AvgIpc) is 2.49. The summed E-state index contributed by atoms with van der Waals surface area (Å²) in [6.45, 7) is 5.95. The fourth-order valence-electron chi connectivity index (χ4n) is 2.57. The van der Waals surface area contributed by atoms with Crippen molar-refractivity contribution in [3.05, 3.63) is 29.8 Å². The van der Waals surface area contributed by atoms with Gasteiger partial charge in [0.05, 0.1) is 11.6 Å². The van der Waals surface area contributed by atoms with Gasteiger partial charge in [-0.3, -0.25) is 4.79 Å². The van der Waals surface area contributed by atoms with E-state index >= 15 is 0 Å². The van der Waals surface area contributed by atoms with E-state index in [1.54, 1.807) is 24.3 Å². The van der Waals surface area contributed by atoms with Gasteiger partial charge in [-0.2, -0.15) is 5.26 Å². The first-order chi connectivity index (χ1) is 9.54. The molecule has 1 unspecified atom stereocenters. The van der Waals surface area contributed by atoms with Crippen molar-refractivity contribution in [1.82, 2.24) is 5.32 Å². The van der Waals surface area contributed by atoms with Crippen molar-refractivity contribution in [1.29, 1.82) is 5.26 Å². The van der Waals surface area contributed by atoms with Crippen molar-refractivity contribution in [3.8, 4) is 6.07 Å². The van der Waals surface area contributed by atoms with Crippen LogP contribution in [0.1, 0.15) is 32.3 Å². The summed E-state index contributed by atoms with van der Waals surface area (Å²) in [7, 11) is 0. The van der Waals surface area contributed by atoms with Crippen molar-refractivity contribution < 1.29 is 4.79 Å². The van der Waals surface area contributed by atoms with E-state index in [1.165, 1.54) is 0 Å². The molecule has 20 heavy (non-hydrogen) atoms. The monoisotopic (exact) mass is 271 g/mol. The van der Waals surface area contributed by atoms with E-state index in [4.69, 9.17) is 5.26 Å². The lowest BCUT2D eigenvalue weighted by Crippen LogP contribution is -2.44. The van der Waals surface area contributed by atoms with Gasteiger partial charge in [0.2, 0.25) is 5.91 Å². The van der Waals surface area contributed by atoms with Crippen LogP contribution in [0.25, 0.3) is 0 Å². The smallest absolute Gasteiger partial charge is 0.230 e. The zero-order chi connectivity index (χ0) is 14.6. The maximum Gasteiger partial charge on any atom is 0.230 e. The topological polar surface area (TPSA) is 64.9 Å². The van der Waals surface area contributed by atoms with Crippen LogP contribution in [0.2, 0.25) is 0 Å². The average molecular weight is 271 g/mol. The molecule has 1 aliphatic heterocycles. The number of anilines is 1. The molecule has 1 fully saturated rings. The second kappa shape index (κ2) is 6.06. The van der Waals surface area contributed by atoms with Gasteiger partial charge in [0.15, 0.2) is 0 Å². The Hall–Kier alpha value is -1.86. The zero-order valence-electron chi connectivity index (χ0n) is 12.1. The van der Waals surface area contributed by atoms with Crippen LogP contribution in [0.5, 0.6) is 0 Å². The Bertz CT molecular complexity index is 508. The number of piperidine rings is 1. The second-order valence-corrected chi connectivity index (χ2v) is 5.91. The molecular weight excluding hydrogens is 250 g/mol. The molecule has 4 heteroatoms. The Morgan fingerprint density at radius 2 is 2.10 bits per heavy atom. The molecule has 1 aromatic rings. The zero-order valence-corrected chi connectivity index (χ0v) is 12.1. The number of nitrogens with one attached hydrogen (secondary N) is 2. The van der Waals surface area contributed by atoms with Crippen molar-refractivity contribution in [2.24, 2.45) is 11.3 Å². The lowest BCUT2D eigenvalue weighted by molar-refractivity contribution is -0.127. The van der Waals surface area contributed by atoms with Crippen LogP contribution >= 0.6 is 0 Å². The number of carbonyl (C=O) groups is 1. The molecule has 4 nitrogen and oxygen atoms in total. The number of nitriles is 1. The highest BCUT2D eigenvalue weighted by atomic mass is 16.2. The predicted molar refractivity (Wildman–Crippen MR) is 79.2 cm³/mol. The van der Waals surface area contributed by atoms with Crippen molar-refractivity contribution in [2.45, 2.75) is 26.7 Å². The van der Waals surface area contributed by atoms with Gasteiger partial charge in [-0.05, 0) is 56.1 Å². The van der Waals surface area contributed by atoms with Crippen LogP contribution < -0.4 is 10.6 Å². The molecule has 0 spiro atoms. The Kier molecular flexibility index (Phi) is 4.41. The highest BCUT2D eigenvalue weighted by Gasteiger charge is 2.37. The number of rotatable bonds is 3. The Labute approximate surface area is 120 Å². The standard InChI is InChI=1S/C16H21N3O/c1-16(2,13-4-3-9-18-11-13)15(20)19-14-7-5-12(10-17)6-8-14/h5-8,13,18H,3-4,9,11H2,1-2H3,(H,19,20). The fraction of sp³-hybridized carbons (Fsp3) is 0.500.